The third-order valence-corrected chi connectivity index (χ3v) is 4.25. The maximum absolute atomic E-state index is 12.8. The van der Waals surface area contributed by atoms with Gasteiger partial charge in [0.2, 0.25) is 0 Å². The Bertz CT molecular complexity index is 679. The summed E-state index contributed by atoms with van der Waals surface area (Å²) in [6.07, 6.45) is -0.0591. The van der Waals surface area contributed by atoms with Gasteiger partial charge >= 0.3 is 0 Å². The minimum Gasteiger partial charge on any atom is -0.370 e. The fourth-order valence-corrected chi connectivity index (χ4v) is 2.94. The highest BCUT2D eigenvalue weighted by Gasteiger charge is 2.29. The molecule has 116 valence electrons. The summed E-state index contributed by atoms with van der Waals surface area (Å²) in [5, 5.41) is 4.34. The summed E-state index contributed by atoms with van der Waals surface area (Å²) in [4.78, 5) is 14.7. The number of benzene rings is 1. The number of amides is 1. The molecular formula is C17H21N3O2. The standard InChI is InChI=1S/C17H21N3O2/c1-12-16(13(2)19(3)18-12)17(21)20-9-10-22-15(11-20)14-7-5-4-6-8-14/h4-8,15H,9-11H2,1-3H3/t15-/m0/s1. The number of rotatable bonds is 2. The van der Waals surface area contributed by atoms with Crippen LogP contribution in [0.2, 0.25) is 0 Å². The zero-order chi connectivity index (χ0) is 15.7. The van der Waals surface area contributed by atoms with Gasteiger partial charge in [0.1, 0.15) is 6.10 Å². The van der Waals surface area contributed by atoms with Crippen LogP contribution >= 0.6 is 0 Å². The number of morpholine rings is 1. The Hall–Kier alpha value is -2.14. The number of aromatic nitrogens is 2. The van der Waals surface area contributed by atoms with Gasteiger partial charge in [0.25, 0.3) is 5.91 Å². The Balaban J connectivity index is 1.81. The molecule has 2 aromatic rings. The summed E-state index contributed by atoms with van der Waals surface area (Å²) >= 11 is 0. The zero-order valence-electron chi connectivity index (χ0n) is 13.2. The van der Waals surface area contributed by atoms with E-state index in [0.29, 0.717) is 19.7 Å². The number of carbonyl (C=O) groups excluding carboxylic acids is 1. The van der Waals surface area contributed by atoms with Gasteiger partial charge in [0, 0.05) is 19.3 Å². The van der Waals surface area contributed by atoms with Crippen LogP contribution in [0.1, 0.15) is 33.4 Å². The van der Waals surface area contributed by atoms with Crippen molar-refractivity contribution >= 4 is 5.91 Å². The predicted octanol–water partition coefficient (Wildman–Crippen LogP) is 2.25. The molecule has 1 aromatic heterocycles. The van der Waals surface area contributed by atoms with Crippen LogP contribution in [0.3, 0.4) is 0 Å². The monoisotopic (exact) mass is 299 g/mol. The van der Waals surface area contributed by atoms with Gasteiger partial charge in [-0.05, 0) is 19.4 Å². The Labute approximate surface area is 130 Å². The van der Waals surface area contributed by atoms with E-state index >= 15 is 0 Å². The lowest BCUT2D eigenvalue weighted by molar-refractivity contribution is -0.0228. The lowest BCUT2D eigenvalue weighted by Gasteiger charge is -2.33. The highest BCUT2D eigenvalue weighted by molar-refractivity contribution is 5.96. The van der Waals surface area contributed by atoms with Gasteiger partial charge in [-0.25, -0.2) is 0 Å². The minimum absolute atomic E-state index is 0.0485. The molecule has 0 saturated carbocycles. The SMILES string of the molecule is Cc1nn(C)c(C)c1C(=O)N1CCO[C@H](c2ccccc2)C1. The Morgan fingerprint density at radius 1 is 1.27 bits per heavy atom. The van der Waals surface area contributed by atoms with E-state index in [1.807, 2.05) is 56.1 Å². The van der Waals surface area contributed by atoms with Crippen LogP contribution in [0, 0.1) is 13.8 Å². The van der Waals surface area contributed by atoms with E-state index in [0.717, 1.165) is 22.5 Å². The lowest BCUT2D eigenvalue weighted by Crippen LogP contribution is -2.42. The molecule has 3 rings (SSSR count). The first-order chi connectivity index (χ1) is 10.6. The maximum Gasteiger partial charge on any atom is 0.257 e. The molecule has 0 aliphatic carbocycles. The number of hydrogen-bond donors (Lipinski definition) is 0. The summed E-state index contributed by atoms with van der Waals surface area (Å²) in [6.45, 7) is 5.58. The van der Waals surface area contributed by atoms with E-state index in [9.17, 15) is 4.79 Å². The van der Waals surface area contributed by atoms with Crippen LogP contribution in [0.4, 0.5) is 0 Å². The van der Waals surface area contributed by atoms with E-state index in [1.165, 1.54) is 0 Å². The van der Waals surface area contributed by atoms with Crippen LogP contribution < -0.4 is 0 Å². The van der Waals surface area contributed by atoms with E-state index in [2.05, 4.69) is 5.10 Å². The van der Waals surface area contributed by atoms with Crippen molar-refractivity contribution in [1.29, 1.82) is 0 Å². The first-order valence-corrected chi connectivity index (χ1v) is 7.54. The minimum atomic E-state index is -0.0591. The molecule has 0 N–H and O–H groups in total. The molecule has 22 heavy (non-hydrogen) atoms. The third-order valence-electron chi connectivity index (χ3n) is 4.25. The van der Waals surface area contributed by atoms with Gasteiger partial charge in [0.05, 0.1) is 24.4 Å². The molecule has 0 spiro atoms. The van der Waals surface area contributed by atoms with Crippen molar-refractivity contribution in [3.05, 3.63) is 52.8 Å². The van der Waals surface area contributed by atoms with Gasteiger partial charge in [-0.2, -0.15) is 5.10 Å². The van der Waals surface area contributed by atoms with Crippen molar-refractivity contribution in [2.24, 2.45) is 7.05 Å². The van der Waals surface area contributed by atoms with Gasteiger partial charge in [0.15, 0.2) is 0 Å². The maximum atomic E-state index is 12.8. The van der Waals surface area contributed by atoms with Crippen LogP contribution in [-0.4, -0.2) is 40.3 Å². The molecular weight excluding hydrogens is 278 g/mol. The van der Waals surface area contributed by atoms with Gasteiger partial charge < -0.3 is 9.64 Å². The average Bonchev–Trinajstić information content (AvgIpc) is 2.80. The molecule has 1 aromatic carbocycles. The molecule has 0 bridgehead atoms. The zero-order valence-corrected chi connectivity index (χ0v) is 13.2. The first kappa shape index (κ1) is 14.8. The van der Waals surface area contributed by atoms with Gasteiger partial charge in [-0.3, -0.25) is 9.48 Å². The van der Waals surface area contributed by atoms with Gasteiger partial charge in [-0.1, -0.05) is 30.3 Å². The Morgan fingerprint density at radius 3 is 2.64 bits per heavy atom. The van der Waals surface area contributed by atoms with Crippen molar-refractivity contribution in [2.75, 3.05) is 19.7 Å². The molecule has 1 aliphatic heterocycles. The van der Waals surface area contributed by atoms with Crippen molar-refractivity contribution in [2.45, 2.75) is 20.0 Å². The number of aryl methyl sites for hydroxylation is 2. The van der Waals surface area contributed by atoms with Crippen LogP contribution in [-0.2, 0) is 11.8 Å². The molecule has 1 amide bonds. The van der Waals surface area contributed by atoms with E-state index in [-0.39, 0.29) is 12.0 Å². The molecule has 2 heterocycles. The molecule has 5 heteroatoms. The fraction of sp³-hybridized carbons (Fsp3) is 0.412. The predicted molar refractivity (Wildman–Crippen MR) is 83.7 cm³/mol. The van der Waals surface area contributed by atoms with Crippen molar-refractivity contribution in [3.63, 3.8) is 0 Å². The second-order valence-corrected chi connectivity index (χ2v) is 5.69. The highest BCUT2D eigenvalue weighted by Crippen LogP contribution is 2.24. The first-order valence-electron chi connectivity index (χ1n) is 7.54. The smallest absolute Gasteiger partial charge is 0.257 e. The van der Waals surface area contributed by atoms with Crippen LogP contribution in [0.25, 0.3) is 0 Å². The summed E-state index contributed by atoms with van der Waals surface area (Å²) in [5.41, 5.74) is 3.52. The number of ether oxygens (including phenoxy) is 1. The third kappa shape index (κ3) is 2.64. The number of nitrogens with zero attached hydrogens (tertiary/aromatic N) is 3. The normalized spacial score (nSPS) is 18.5. The molecule has 1 aliphatic rings. The van der Waals surface area contributed by atoms with E-state index < -0.39 is 0 Å². The van der Waals surface area contributed by atoms with E-state index in [1.54, 1.807) is 4.68 Å². The molecule has 1 fully saturated rings. The summed E-state index contributed by atoms with van der Waals surface area (Å²) < 4.78 is 7.59. The second-order valence-electron chi connectivity index (χ2n) is 5.69. The molecule has 0 unspecified atom stereocenters. The Morgan fingerprint density at radius 2 is 2.00 bits per heavy atom. The highest BCUT2D eigenvalue weighted by atomic mass is 16.5. The Kier molecular flexibility index (Phi) is 3.98. The van der Waals surface area contributed by atoms with Crippen LogP contribution in [0.15, 0.2) is 30.3 Å². The summed E-state index contributed by atoms with van der Waals surface area (Å²) in [6, 6.07) is 10.1. The van der Waals surface area contributed by atoms with Crippen LogP contribution in [0.5, 0.6) is 0 Å². The van der Waals surface area contributed by atoms with Crippen molar-refractivity contribution < 1.29 is 9.53 Å². The fourth-order valence-electron chi connectivity index (χ4n) is 2.94. The largest absolute Gasteiger partial charge is 0.370 e. The second kappa shape index (κ2) is 5.93. The molecule has 5 nitrogen and oxygen atoms in total. The summed E-state index contributed by atoms with van der Waals surface area (Å²) in [5.74, 6) is 0.0485. The lowest BCUT2D eigenvalue weighted by atomic mass is 10.1. The molecule has 1 saturated heterocycles. The number of carbonyl (C=O) groups is 1. The molecule has 0 radical (unpaired) electrons. The molecule has 1 atom stereocenters. The van der Waals surface area contributed by atoms with Gasteiger partial charge in [-0.15, -0.1) is 0 Å². The van der Waals surface area contributed by atoms with Crippen molar-refractivity contribution in [1.82, 2.24) is 14.7 Å². The summed E-state index contributed by atoms with van der Waals surface area (Å²) in [7, 11) is 1.87. The average molecular weight is 299 g/mol. The quantitative estimate of drug-likeness (QED) is 0.854. The van der Waals surface area contributed by atoms with Crippen molar-refractivity contribution in [3.8, 4) is 0 Å². The number of hydrogen-bond acceptors (Lipinski definition) is 3. The van der Waals surface area contributed by atoms with E-state index in [4.69, 9.17) is 4.74 Å². The topological polar surface area (TPSA) is 47.4 Å².